The Morgan fingerprint density at radius 2 is 1.30 bits per heavy atom. The predicted octanol–water partition coefficient (Wildman–Crippen LogP) is 0.881. The van der Waals surface area contributed by atoms with Crippen molar-refractivity contribution < 1.29 is 48.6 Å². The first-order chi connectivity index (χ1) is 9.77. The molecule has 0 aromatic heterocycles. The number of rotatable bonds is 6. The van der Waals surface area contributed by atoms with E-state index in [1.54, 1.807) is 0 Å². The molecule has 0 fully saturated rings. The van der Waals surface area contributed by atoms with Gasteiger partial charge in [0, 0.05) is 0 Å². The third-order valence-electron chi connectivity index (χ3n) is 1.02. The first-order valence-electron chi connectivity index (χ1n) is 4.36. The van der Waals surface area contributed by atoms with Crippen LogP contribution in [0.15, 0.2) is 0 Å². The summed E-state index contributed by atoms with van der Waals surface area (Å²) in [7, 11) is 0. The van der Waals surface area contributed by atoms with E-state index in [1.165, 1.54) is 0 Å². The van der Waals surface area contributed by atoms with Gasteiger partial charge in [-0.05, 0) is 0 Å². The maximum atomic E-state index is 9.85. The molecule has 0 aliphatic carbocycles. The summed E-state index contributed by atoms with van der Waals surface area (Å²) in [5, 5.41) is 0. The van der Waals surface area contributed by atoms with Crippen molar-refractivity contribution in [3.05, 3.63) is 33.3 Å². The van der Waals surface area contributed by atoms with Crippen molar-refractivity contribution in [2.75, 3.05) is 6.61 Å². The Morgan fingerprint density at radius 1 is 0.950 bits per heavy atom. The van der Waals surface area contributed by atoms with E-state index in [-0.39, 0.29) is 0 Å². The molecule has 0 aliphatic heterocycles. The van der Waals surface area contributed by atoms with E-state index in [4.69, 9.17) is 28.0 Å². The zero-order valence-corrected chi connectivity index (χ0v) is 11.9. The van der Waals surface area contributed by atoms with Crippen molar-refractivity contribution >= 4 is 10.9 Å². The zero-order chi connectivity index (χ0) is 17.8. The van der Waals surface area contributed by atoms with Crippen LogP contribution in [0.4, 0.5) is 0 Å². The molecule has 0 aliphatic rings. The molecule has 0 saturated heterocycles. The van der Waals surface area contributed by atoms with Crippen LogP contribution in [0.5, 0.6) is 0 Å². The van der Waals surface area contributed by atoms with E-state index in [0.29, 0.717) is 13.0 Å². The maximum absolute atomic E-state index is 9.85. The monoisotopic (exact) mass is 320 g/mol. The number of carbonyl (C=O) groups excluding carboxylic acids is 1. The van der Waals surface area contributed by atoms with Crippen LogP contribution < -0.4 is 0 Å². The van der Waals surface area contributed by atoms with E-state index in [2.05, 4.69) is 49.1 Å². The van der Waals surface area contributed by atoms with Gasteiger partial charge in [-0.1, -0.05) is 0 Å². The molecule has 0 bridgehead atoms. The van der Waals surface area contributed by atoms with Crippen LogP contribution in [0.3, 0.4) is 0 Å². The summed E-state index contributed by atoms with van der Waals surface area (Å²) in [5.41, 5.74) is 0. The average molecular weight is 320 g/mol. The molecule has 0 radical (unpaired) electrons. The van der Waals surface area contributed by atoms with E-state index in [9.17, 15) is 4.79 Å². The van der Waals surface area contributed by atoms with Crippen LogP contribution in [0, 0.1) is 33.3 Å². The van der Waals surface area contributed by atoms with Gasteiger partial charge in [-0.3, -0.25) is 0 Å². The van der Waals surface area contributed by atoms with Gasteiger partial charge < -0.3 is 0 Å². The van der Waals surface area contributed by atoms with Gasteiger partial charge in [0.15, 0.2) is 0 Å². The molecular formula is C12H12CrO7. The molecule has 7 nitrogen and oxygen atoms in total. The molecule has 0 unspecified atom stereocenters. The van der Waals surface area contributed by atoms with Crippen LogP contribution in [-0.2, 0) is 48.6 Å². The second-order valence-electron chi connectivity index (χ2n) is 2.00. The Morgan fingerprint density at radius 3 is 1.55 bits per heavy atom. The standard InChI is InChI=1S/C7H12O2.5CO.Cr/c1-2-9-7-5-3-4-6-8;5*1-2;/h6H,3-5,7H2,1H3;;;;;;. The van der Waals surface area contributed by atoms with E-state index in [0.717, 1.165) is 23.7 Å². The second kappa shape index (κ2) is 83.0. The summed E-state index contributed by atoms with van der Waals surface area (Å²) in [6.45, 7) is 25.1. The molecule has 0 N–H and O–H groups in total. The minimum absolute atomic E-state index is 0.649. The average Bonchev–Trinajstić information content (AvgIpc) is 2.56. The Kier molecular flexibility index (Phi) is 151. The fourth-order valence-electron chi connectivity index (χ4n) is 0.546. The summed E-state index contributed by atoms with van der Waals surface area (Å²) in [6, 6.07) is 0. The fraction of sp³-hybridized carbons (Fsp3) is 0.417. The van der Waals surface area contributed by atoms with Gasteiger partial charge >= 0.3 is 126 Å². The normalized spacial score (nSPS) is 5.15. The van der Waals surface area contributed by atoms with Crippen molar-refractivity contribution in [3.63, 3.8) is 0 Å². The van der Waals surface area contributed by atoms with Crippen LogP contribution in [0.2, 0.25) is 0 Å². The Hall–Kier alpha value is -1.27. The third kappa shape index (κ3) is 126. The first kappa shape index (κ1) is 36.3. The van der Waals surface area contributed by atoms with E-state index < -0.39 is 0 Å². The van der Waals surface area contributed by atoms with Crippen molar-refractivity contribution in [1.82, 2.24) is 0 Å². The third-order valence-corrected chi connectivity index (χ3v) is 1.21. The van der Waals surface area contributed by atoms with Crippen molar-refractivity contribution in [1.29, 1.82) is 0 Å². The Labute approximate surface area is 126 Å². The Balaban J connectivity index is -0.0000000412. The summed E-state index contributed by atoms with van der Waals surface area (Å²) in [6.07, 6.45) is 3.47. The SMILES string of the molecule is C[C](=[Cr])OCCCCC=O.[C-]#[O+].[C-]#[O+].[C-]#[O+].[C-]#[O+].[C-]#[O+]. The van der Waals surface area contributed by atoms with Gasteiger partial charge in [-0.25, -0.2) is 0 Å². The topological polar surface area (TPSA) is 126 Å². The number of hydrogen-bond donors (Lipinski definition) is 0. The molecule has 0 amide bonds. The van der Waals surface area contributed by atoms with Gasteiger partial charge in [0.2, 0.25) is 0 Å². The molecule has 0 heterocycles. The molecule has 0 saturated carbocycles. The van der Waals surface area contributed by atoms with Crippen molar-refractivity contribution in [2.45, 2.75) is 26.2 Å². The number of carbonyl (C=O) groups is 1. The van der Waals surface area contributed by atoms with E-state index >= 15 is 0 Å². The van der Waals surface area contributed by atoms with Crippen LogP contribution in [0.25, 0.3) is 0 Å². The summed E-state index contributed by atoms with van der Waals surface area (Å²) < 4.78 is 43.5. The molecule has 0 atom stereocenters. The molecule has 0 aromatic carbocycles. The fourth-order valence-corrected chi connectivity index (χ4v) is 0.676. The molecule has 0 rings (SSSR count). The summed E-state index contributed by atoms with van der Waals surface area (Å²) in [5.74, 6) is 0. The Bertz CT molecular complexity index is 241. The zero-order valence-electron chi connectivity index (χ0n) is 10.7. The minimum atomic E-state index is 0.649. The van der Waals surface area contributed by atoms with Crippen LogP contribution in [0.1, 0.15) is 26.2 Å². The van der Waals surface area contributed by atoms with Crippen molar-refractivity contribution in [2.24, 2.45) is 0 Å². The molecular weight excluding hydrogens is 308 g/mol. The van der Waals surface area contributed by atoms with Crippen molar-refractivity contribution in [3.8, 4) is 0 Å². The molecule has 0 aromatic rings. The summed E-state index contributed by atoms with van der Waals surface area (Å²) in [4.78, 5) is 9.85. The van der Waals surface area contributed by atoms with Gasteiger partial charge in [0.05, 0.1) is 0 Å². The predicted molar refractivity (Wildman–Crippen MR) is 56.2 cm³/mol. The van der Waals surface area contributed by atoms with Crippen LogP contribution >= 0.6 is 0 Å². The molecule has 20 heavy (non-hydrogen) atoms. The summed E-state index contributed by atoms with van der Waals surface area (Å²) >= 11 is 2.76. The van der Waals surface area contributed by atoms with Gasteiger partial charge in [-0.2, -0.15) is 0 Å². The van der Waals surface area contributed by atoms with Gasteiger partial charge in [-0.15, -0.1) is 0 Å². The number of aldehydes is 1. The second-order valence-corrected chi connectivity index (χ2v) is 2.90. The van der Waals surface area contributed by atoms with Crippen LogP contribution in [-0.4, -0.2) is 17.5 Å². The van der Waals surface area contributed by atoms with Gasteiger partial charge in [0.25, 0.3) is 0 Å². The van der Waals surface area contributed by atoms with Gasteiger partial charge in [0.1, 0.15) is 0 Å². The molecule has 0 spiro atoms. The molecule has 108 valence electrons. The molecule has 8 heteroatoms. The quantitative estimate of drug-likeness (QED) is 0.312. The first-order valence-corrected chi connectivity index (χ1v) is 5.00. The van der Waals surface area contributed by atoms with E-state index in [1.807, 2.05) is 6.92 Å². The number of ether oxygens (including phenoxy) is 1. The number of hydrogen-bond acceptors (Lipinski definition) is 2. The number of unbranched alkanes of at least 4 members (excludes halogenated alkanes) is 2.